The Morgan fingerprint density at radius 1 is 1.00 bits per heavy atom. The highest BCUT2D eigenvalue weighted by molar-refractivity contribution is 7.09. The van der Waals surface area contributed by atoms with Gasteiger partial charge in [-0.1, -0.05) is 17.7 Å². The standard InChI is InChI=1S/C21H19ClFN3O2S/c22-18-13-15(23)5-6-17(18)20(27)24-8-10-25(11-9-24)21(28)19-4-1-7-26(19)14-16-3-2-12-29-16/h1-7,12-13H,8-11,14H2. The number of amides is 2. The number of benzene rings is 1. The first-order valence-corrected chi connectivity index (χ1v) is 10.5. The number of carbonyl (C=O) groups is 2. The molecule has 2 aromatic heterocycles. The Morgan fingerprint density at radius 3 is 2.38 bits per heavy atom. The van der Waals surface area contributed by atoms with E-state index in [0.29, 0.717) is 38.4 Å². The van der Waals surface area contributed by atoms with Crippen LogP contribution in [0.3, 0.4) is 0 Å². The molecule has 1 aromatic carbocycles. The van der Waals surface area contributed by atoms with E-state index in [9.17, 15) is 14.0 Å². The van der Waals surface area contributed by atoms with E-state index in [-0.39, 0.29) is 22.4 Å². The average molecular weight is 432 g/mol. The van der Waals surface area contributed by atoms with Gasteiger partial charge in [0.15, 0.2) is 0 Å². The van der Waals surface area contributed by atoms with Crippen molar-refractivity contribution in [3.05, 3.63) is 81.0 Å². The molecule has 8 heteroatoms. The van der Waals surface area contributed by atoms with Crippen molar-refractivity contribution in [2.45, 2.75) is 6.54 Å². The Labute approximate surface area is 176 Å². The molecule has 0 aliphatic carbocycles. The Hall–Kier alpha value is -2.64. The zero-order chi connectivity index (χ0) is 20.4. The zero-order valence-corrected chi connectivity index (χ0v) is 17.1. The van der Waals surface area contributed by atoms with Crippen molar-refractivity contribution in [2.75, 3.05) is 26.2 Å². The minimum atomic E-state index is -0.479. The maximum absolute atomic E-state index is 13.2. The fourth-order valence-corrected chi connectivity index (χ4v) is 4.38. The van der Waals surface area contributed by atoms with E-state index in [1.165, 1.54) is 17.0 Å². The van der Waals surface area contributed by atoms with E-state index in [1.54, 1.807) is 21.1 Å². The van der Waals surface area contributed by atoms with Crippen LogP contribution in [0.1, 0.15) is 25.7 Å². The summed E-state index contributed by atoms with van der Waals surface area (Å²) in [6.07, 6.45) is 1.91. The van der Waals surface area contributed by atoms with Crippen molar-refractivity contribution >= 4 is 34.8 Å². The van der Waals surface area contributed by atoms with Crippen LogP contribution in [-0.4, -0.2) is 52.4 Å². The fourth-order valence-electron chi connectivity index (χ4n) is 3.42. The first kappa shape index (κ1) is 19.7. The van der Waals surface area contributed by atoms with E-state index < -0.39 is 5.82 Å². The minimum absolute atomic E-state index is 0.0431. The summed E-state index contributed by atoms with van der Waals surface area (Å²) < 4.78 is 15.2. The first-order chi connectivity index (χ1) is 14.0. The number of carbonyl (C=O) groups excluding carboxylic acids is 2. The van der Waals surface area contributed by atoms with Crippen LogP contribution in [0.5, 0.6) is 0 Å². The predicted octanol–water partition coefficient (Wildman–Crippen LogP) is 3.99. The molecular weight excluding hydrogens is 413 g/mol. The van der Waals surface area contributed by atoms with Gasteiger partial charge in [-0.15, -0.1) is 11.3 Å². The largest absolute Gasteiger partial charge is 0.338 e. The minimum Gasteiger partial charge on any atom is -0.338 e. The van der Waals surface area contributed by atoms with Gasteiger partial charge >= 0.3 is 0 Å². The summed E-state index contributed by atoms with van der Waals surface area (Å²) in [4.78, 5) is 30.3. The highest BCUT2D eigenvalue weighted by Crippen LogP contribution is 2.21. The van der Waals surface area contributed by atoms with E-state index in [2.05, 4.69) is 0 Å². The van der Waals surface area contributed by atoms with E-state index in [1.807, 2.05) is 40.4 Å². The van der Waals surface area contributed by atoms with Crippen LogP contribution in [-0.2, 0) is 6.54 Å². The van der Waals surface area contributed by atoms with Gasteiger partial charge < -0.3 is 14.4 Å². The summed E-state index contributed by atoms with van der Waals surface area (Å²) in [7, 11) is 0. The molecule has 1 fully saturated rings. The lowest BCUT2D eigenvalue weighted by atomic mass is 10.1. The van der Waals surface area contributed by atoms with Crippen LogP contribution in [0.2, 0.25) is 5.02 Å². The second-order valence-electron chi connectivity index (χ2n) is 6.81. The SMILES string of the molecule is O=C(c1ccc(F)cc1Cl)N1CCN(C(=O)c2cccn2Cc2cccs2)CC1. The Balaban J connectivity index is 1.40. The van der Waals surface area contributed by atoms with Gasteiger partial charge in [0.25, 0.3) is 11.8 Å². The predicted molar refractivity (Wildman–Crippen MR) is 111 cm³/mol. The summed E-state index contributed by atoms with van der Waals surface area (Å²) in [6.45, 7) is 2.35. The Kier molecular flexibility index (Phi) is 5.69. The maximum Gasteiger partial charge on any atom is 0.270 e. The van der Waals surface area contributed by atoms with Crippen molar-refractivity contribution in [3.63, 3.8) is 0 Å². The summed E-state index contributed by atoms with van der Waals surface area (Å²) in [6, 6.07) is 11.5. The molecule has 150 valence electrons. The third-order valence-electron chi connectivity index (χ3n) is 4.97. The molecule has 3 aromatic rings. The van der Waals surface area contributed by atoms with Gasteiger partial charge in [-0.3, -0.25) is 9.59 Å². The fraction of sp³-hybridized carbons (Fsp3) is 0.238. The van der Waals surface area contributed by atoms with Crippen LogP contribution in [0.4, 0.5) is 4.39 Å². The van der Waals surface area contributed by atoms with Gasteiger partial charge in [0.2, 0.25) is 0 Å². The highest BCUT2D eigenvalue weighted by atomic mass is 35.5. The second-order valence-corrected chi connectivity index (χ2v) is 8.25. The normalized spacial score (nSPS) is 14.3. The molecule has 0 atom stereocenters. The lowest BCUT2D eigenvalue weighted by Crippen LogP contribution is -2.51. The molecule has 4 rings (SSSR count). The molecule has 0 saturated carbocycles. The number of hydrogen-bond donors (Lipinski definition) is 0. The molecule has 0 bridgehead atoms. The number of hydrogen-bond acceptors (Lipinski definition) is 3. The number of thiophene rings is 1. The smallest absolute Gasteiger partial charge is 0.270 e. The topological polar surface area (TPSA) is 45.6 Å². The van der Waals surface area contributed by atoms with Gasteiger partial charge in [-0.05, 0) is 41.8 Å². The van der Waals surface area contributed by atoms with Crippen molar-refractivity contribution < 1.29 is 14.0 Å². The Morgan fingerprint density at radius 2 is 1.72 bits per heavy atom. The summed E-state index contributed by atoms with van der Waals surface area (Å²) in [5, 5.41) is 2.11. The van der Waals surface area contributed by atoms with E-state index in [0.717, 1.165) is 6.07 Å². The zero-order valence-electron chi connectivity index (χ0n) is 15.6. The average Bonchev–Trinajstić information content (AvgIpc) is 3.40. The number of aromatic nitrogens is 1. The van der Waals surface area contributed by atoms with Gasteiger partial charge in [0.1, 0.15) is 11.5 Å². The molecule has 1 saturated heterocycles. The van der Waals surface area contributed by atoms with Gasteiger partial charge in [0.05, 0.1) is 17.1 Å². The van der Waals surface area contributed by atoms with E-state index >= 15 is 0 Å². The van der Waals surface area contributed by atoms with E-state index in [4.69, 9.17) is 11.6 Å². The highest BCUT2D eigenvalue weighted by Gasteiger charge is 2.27. The number of nitrogens with zero attached hydrogens (tertiary/aromatic N) is 3. The van der Waals surface area contributed by atoms with Crippen molar-refractivity contribution in [3.8, 4) is 0 Å². The molecule has 0 unspecified atom stereocenters. The third-order valence-corrected chi connectivity index (χ3v) is 6.14. The van der Waals surface area contributed by atoms with Crippen LogP contribution >= 0.6 is 22.9 Å². The van der Waals surface area contributed by atoms with Crippen LogP contribution < -0.4 is 0 Å². The van der Waals surface area contributed by atoms with Crippen molar-refractivity contribution in [1.82, 2.24) is 14.4 Å². The van der Waals surface area contributed by atoms with Crippen LogP contribution in [0.15, 0.2) is 54.0 Å². The number of piperazine rings is 1. The number of halogens is 2. The molecule has 0 N–H and O–H groups in total. The molecule has 0 radical (unpaired) electrons. The first-order valence-electron chi connectivity index (χ1n) is 9.24. The quantitative estimate of drug-likeness (QED) is 0.627. The van der Waals surface area contributed by atoms with Crippen LogP contribution in [0, 0.1) is 5.82 Å². The summed E-state index contributed by atoms with van der Waals surface area (Å²) >= 11 is 7.67. The monoisotopic (exact) mass is 431 g/mol. The summed E-state index contributed by atoms with van der Waals surface area (Å²) in [5.41, 5.74) is 0.914. The van der Waals surface area contributed by atoms with Crippen molar-refractivity contribution in [2.24, 2.45) is 0 Å². The van der Waals surface area contributed by atoms with Crippen molar-refractivity contribution in [1.29, 1.82) is 0 Å². The molecule has 3 heterocycles. The maximum atomic E-state index is 13.2. The molecular formula is C21H19ClFN3O2S. The molecule has 2 amide bonds. The molecule has 29 heavy (non-hydrogen) atoms. The molecule has 1 aliphatic rings. The van der Waals surface area contributed by atoms with Gasteiger partial charge in [0, 0.05) is 37.3 Å². The number of rotatable bonds is 4. The van der Waals surface area contributed by atoms with Gasteiger partial charge in [-0.25, -0.2) is 4.39 Å². The summed E-state index contributed by atoms with van der Waals surface area (Å²) in [5.74, 6) is -0.769. The molecule has 5 nitrogen and oxygen atoms in total. The third kappa shape index (κ3) is 4.21. The van der Waals surface area contributed by atoms with Gasteiger partial charge in [-0.2, -0.15) is 0 Å². The molecule has 0 spiro atoms. The van der Waals surface area contributed by atoms with Crippen LogP contribution in [0.25, 0.3) is 0 Å². The lowest BCUT2D eigenvalue weighted by Gasteiger charge is -2.35. The lowest BCUT2D eigenvalue weighted by molar-refractivity contribution is 0.0530. The Bertz CT molecular complexity index is 1030. The molecule has 1 aliphatic heterocycles. The second kappa shape index (κ2) is 8.39.